The molecule has 2 heterocycles. The zero-order valence-corrected chi connectivity index (χ0v) is 24.4. The van der Waals surface area contributed by atoms with Crippen molar-refractivity contribution in [1.82, 2.24) is 9.99 Å². The first-order valence-electron chi connectivity index (χ1n) is 11.3. The molecule has 186 valence electrons. The first kappa shape index (κ1) is 26.3. The number of carbonyl (C=O) groups excluding carboxylic acids is 1. The van der Waals surface area contributed by atoms with Crippen LogP contribution in [0.15, 0.2) is 70.2 Å². The molecule has 2 aromatic carbocycles. The highest BCUT2D eigenvalue weighted by molar-refractivity contribution is 14.1. The van der Waals surface area contributed by atoms with Gasteiger partial charge in [0.05, 0.1) is 20.0 Å². The minimum Gasteiger partial charge on any atom is -0.492 e. The number of rotatable bonds is 9. The van der Waals surface area contributed by atoms with Crippen molar-refractivity contribution < 1.29 is 18.7 Å². The molecule has 0 aliphatic rings. The van der Waals surface area contributed by atoms with Crippen LogP contribution >= 0.6 is 45.2 Å². The molecule has 0 saturated heterocycles. The Kier molecular flexibility index (Phi) is 8.72. The van der Waals surface area contributed by atoms with Crippen LogP contribution in [0.5, 0.6) is 11.5 Å². The van der Waals surface area contributed by atoms with Gasteiger partial charge in [0.2, 0.25) is 0 Å². The lowest BCUT2D eigenvalue weighted by molar-refractivity contribution is 0.0923. The van der Waals surface area contributed by atoms with Crippen molar-refractivity contribution in [2.24, 2.45) is 5.10 Å². The molecule has 9 heteroatoms. The third-order valence-corrected chi connectivity index (χ3v) is 6.92. The van der Waals surface area contributed by atoms with E-state index >= 15 is 0 Å². The summed E-state index contributed by atoms with van der Waals surface area (Å²) in [6.07, 6.45) is 1.59. The number of aryl methyl sites for hydroxylation is 2. The summed E-state index contributed by atoms with van der Waals surface area (Å²) < 4.78 is 21.3. The summed E-state index contributed by atoms with van der Waals surface area (Å²) in [4.78, 5) is 12.4. The van der Waals surface area contributed by atoms with Gasteiger partial charge in [-0.15, -0.1) is 0 Å². The molecule has 36 heavy (non-hydrogen) atoms. The van der Waals surface area contributed by atoms with Crippen molar-refractivity contribution in [3.63, 3.8) is 0 Å². The van der Waals surface area contributed by atoms with Gasteiger partial charge >= 0.3 is 5.91 Å². The number of benzene rings is 2. The predicted octanol–water partition coefficient (Wildman–Crippen LogP) is 6.64. The molecule has 4 rings (SSSR count). The molecule has 0 fully saturated rings. The van der Waals surface area contributed by atoms with E-state index in [4.69, 9.17) is 13.9 Å². The Morgan fingerprint density at radius 2 is 1.67 bits per heavy atom. The van der Waals surface area contributed by atoms with Crippen molar-refractivity contribution in [2.45, 2.75) is 27.4 Å². The quantitative estimate of drug-likeness (QED) is 0.120. The van der Waals surface area contributed by atoms with E-state index in [9.17, 15) is 4.79 Å². The standard InChI is InChI=1S/C27H25I2N3O4/c1-4-34-26-23(28)13-19(14-24(26)29)15-30-31-27(33)25-12-11-22(36-25)16-35-21-9-7-20(8-10-21)32-17(2)5-6-18(32)3/h5-15H,4,16H2,1-3H3,(H,31,33)/b30-15+. The molecular weight excluding hydrogens is 684 g/mol. The van der Waals surface area contributed by atoms with E-state index in [1.165, 1.54) is 11.4 Å². The van der Waals surface area contributed by atoms with Crippen molar-refractivity contribution >= 4 is 57.3 Å². The van der Waals surface area contributed by atoms with Crippen LogP contribution < -0.4 is 14.9 Å². The number of hydrazone groups is 1. The number of furan rings is 1. The Morgan fingerprint density at radius 1 is 1.00 bits per heavy atom. The number of hydrogen-bond donors (Lipinski definition) is 1. The molecule has 0 saturated carbocycles. The van der Waals surface area contributed by atoms with Crippen molar-refractivity contribution in [1.29, 1.82) is 0 Å². The van der Waals surface area contributed by atoms with Gasteiger partial charge in [-0.1, -0.05) is 0 Å². The molecule has 1 amide bonds. The van der Waals surface area contributed by atoms with E-state index in [0.29, 0.717) is 18.1 Å². The summed E-state index contributed by atoms with van der Waals surface area (Å²) in [6, 6.07) is 19.3. The van der Waals surface area contributed by atoms with E-state index in [2.05, 4.69) is 86.3 Å². The molecule has 0 radical (unpaired) electrons. The van der Waals surface area contributed by atoms with Crippen LogP contribution in [0.3, 0.4) is 0 Å². The minimum atomic E-state index is -0.436. The summed E-state index contributed by atoms with van der Waals surface area (Å²) in [5, 5.41) is 4.05. The minimum absolute atomic E-state index is 0.163. The fourth-order valence-corrected chi connectivity index (χ4v) is 5.78. The summed E-state index contributed by atoms with van der Waals surface area (Å²) in [7, 11) is 0. The van der Waals surface area contributed by atoms with Gasteiger partial charge in [0.15, 0.2) is 5.76 Å². The molecule has 0 spiro atoms. The third kappa shape index (κ3) is 6.30. The molecule has 0 unspecified atom stereocenters. The van der Waals surface area contributed by atoms with Crippen molar-refractivity contribution in [2.75, 3.05) is 6.61 Å². The lowest BCUT2D eigenvalue weighted by atomic mass is 10.2. The van der Waals surface area contributed by atoms with Gasteiger partial charge in [0, 0.05) is 17.1 Å². The zero-order valence-electron chi connectivity index (χ0n) is 20.0. The molecule has 0 atom stereocenters. The fraction of sp³-hybridized carbons (Fsp3) is 0.185. The Labute approximate surface area is 237 Å². The number of hydrogen-bond acceptors (Lipinski definition) is 5. The van der Waals surface area contributed by atoms with Crippen LogP contribution in [0, 0.1) is 21.0 Å². The van der Waals surface area contributed by atoms with Gasteiger partial charge in [-0.05, 0) is 132 Å². The van der Waals surface area contributed by atoms with Gasteiger partial charge in [-0.2, -0.15) is 5.10 Å². The molecule has 2 aromatic heterocycles. The van der Waals surface area contributed by atoms with Gasteiger partial charge in [-0.25, -0.2) is 5.43 Å². The number of nitrogens with zero attached hydrogens (tertiary/aromatic N) is 2. The average molecular weight is 709 g/mol. The smallest absolute Gasteiger partial charge is 0.307 e. The number of aromatic nitrogens is 1. The average Bonchev–Trinajstić information content (AvgIpc) is 3.47. The van der Waals surface area contributed by atoms with Gasteiger partial charge < -0.3 is 18.5 Å². The highest BCUT2D eigenvalue weighted by atomic mass is 127. The SMILES string of the molecule is CCOc1c(I)cc(/C=N/NC(=O)c2ccc(COc3ccc(-n4c(C)ccc4C)cc3)o2)cc1I. The summed E-state index contributed by atoms with van der Waals surface area (Å²) in [6.45, 7) is 6.92. The predicted molar refractivity (Wildman–Crippen MR) is 156 cm³/mol. The molecule has 0 aliphatic heterocycles. The van der Waals surface area contributed by atoms with Crippen LogP contribution in [-0.2, 0) is 6.61 Å². The fourth-order valence-electron chi connectivity index (χ4n) is 3.66. The number of ether oxygens (including phenoxy) is 2. The van der Waals surface area contributed by atoms with Crippen LogP contribution in [0.2, 0.25) is 0 Å². The molecule has 0 aliphatic carbocycles. The molecule has 1 N–H and O–H groups in total. The van der Waals surface area contributed by atoms with E-state index in [0.717, 1.165) is 24.1 Å². The number of nitrogens with one attached hydrogen (secondary N) is 1. The maximum atomic E-state index is 12.4. The Morgan fingerprint density at radius 3 is 2.31 bits per heavy atom. The first-order valence-corrected chi connectivity index (χ1v) is 13.4. The van der Waals surface area contributed by atoms with Gasteiger partial charge in [0.1, 0.15) is 23.9 Å². The monoisotopic (exact) mass is 709 g/mol. The molecule has 7 nitrogen and oxygen atoms in total. The van der Waals surface area contributed by atoms with E-state index in [1.807, 2.05) is 43.3 Å². The Balaban J connectivity index is 1.31. The normalized spacial score (nSPS) is 11.1. The van der Waals surface area contributed by atoms with Gasteiger partial charge in [0.25, 0.3) is 0 Å². The van der Waals surface area contributed by atoms with Gasteiger partial charge in [-0.3, -0.25) is 4.79 Å². The van der Waals surface area contributed by atoms with Crippen LogP contribution in [-0.4, -0.2) is 23.3 Å². The number of amides is 1. The molecule has 4 aromatic rings. The highest BCUT2D eigenvalue weighted by Gasteiger charge is 2.12. The second-order valence-corrected chi connectivity index (χ2v) is 10.3. The van der Waals surface area contributed by atoms with E-state index < -0.39 is 5.91 Å². The van der Waals surface area contributed by atoms with Crippen LogP contribution in [0.1, 0.15) is 40.2 Å². The molecular formula is C27H25I2N3O4. The van der Waals surface area contributed by atoms with Crippen molar-refractivity contribution in [3.05, 3.63) is 96.3 Å². The third-order valence-electron chi connectivity index (χ3n) is 5.32. The van der Waals surface area contributed by atoms with Crippen LogP contribution in [0.25, 0.3) is 5.69 Å². The lowest BCUT2D eigenvalue weighted by Crippen LogP contribution is -2.16. The zero-order chi connectivity index (χ0) is 25.7. The van der Waals surface area contributed by atoms with Crippen molar-refractivity contribution in [3.8, 4) is 17.2 Å². The summed E-state index contributed by atoms with van der Waals surface area (Å²) >= 11 is 4.45. The second-order valence-electron chi connectivity index (χ2n) is 7.95. The first-order chi connectivity index (χ1) is 17.4. The number of halogens is 2. The topological polar surface area (TPSA) is 78.0 Å². The lowest BCUT2D eigenvalue weighted by Gasteiger charge is -2.10. The summed E-state index contributed by atoms with van der Waals surface area (Å²) in [5.41, 5.74) is 6.79. The maximum Gasteiger partial charge on any atom is 0.307 e. The Bertz CT molecular complexity index is 1350. The highest BCUT2D eigenvalue weighted by Crippen LogP contribution is 2.28. The second kappa shape index (κ2) is 12.0. The molecule has 0 bridgehead atoms. The van der Waals surface area contributed by atoms with Crippen LogP contribution in [0.4, 0.5) is 0 Å². The van der Waals surface area contributed by atoms with E-state index in [1.54, 1.807) is 18.3 Å². The Hall–Kier alpha value is -2.80. The maximum absolute atomic E-state index is 12.4. The summed E-state index contributed by atoms with van der Waals surface area (Å²) in [5.74, 6) is 1.84. The largest absolute Gasteiger partial charge is 0.492 e. The van der Waals surface area contributed by atoms with E-state index in [-0.39, 0.29) is 12.4 Å². The number of carbonyl (C=O) groups is 1.